The molecule has 27 heavy (non-hydrogen) atoms. The topological polar surface area (TPSA) is 63.0 Å². The molecule has 0 unspecified atom stereocenters. The summed E-state index contributed by atoms with van der Waals surface area (Å²) in [6, 6.07) is 5.04. The van der Waals surface area contributed by atoms with Gasteiger partial charge in [-0.1, -0.05) is 0 Å². The van der Waals surface area contributed by atoms with Crippen LogP contribution in [0, 0.1) is 0 Å². The molecule has 0 saturated carbocycles. The number of carbonyl (C=O) groups is 1. The van der Waals surface area contributed by atoms with Crippen molar-refractivity contribution in [3.8, 4) is 0 Å². The molecule has 1 aliphatic rings. The Morgan fingerprint density at radius 3 is 2.89 bits per heavy atom. The molecule has 1 aliphatic heterocycles. The summed E-state index contributed by atoms with van der Waals surface area (Å²) in [6.45, 7) is 4.96. The molecule has 0 spiro atoms. The molecular weight excluding hydrogens is 479 g/mol. The minimum absolute atomic E-state index is 0.0340. The van der Waals surface area contributed by atoms with Crippen LogP contribution in [0.25, 0.3) is 20.6 Å². The average molecular weight is 501 g/mol. The Kier molecular flexibility index (Phi) is 4.31. The molecule has 1 aromatic carbocycles. The van der Waals surface area contributed by atoms with Crippen LogP contribution in [0.1, 0.15) is 18.9 Å². The van der Waals surface area contributed by atoms with Crippen molar-refractivity contribution in [2.24, 2.45) is 0 Å². The van der Waals surface area contributed by atoms with Crippen molar-refractivity contribution >= 4 is 57.0 Å². The number of methoxy groups -OCH3 is 1. The number of carbonyl (C=O) groups excluding carboxylic acids is 1. The first-order valence-electron chi connectivity index (χ1n) is 9.94. The van der Waals surface area contributed by atoms with E-state index in [2.05, 4.69) is 37.5 Å². The normalized spacial score (nSPS) is 18.4. The zero-order valence-corrected chi connectivity index (χ0v) is 17.9. The Morgan fingerprint density at radius 2 is 2.15 bits per heavy atom. The molecule has 3 aromatic rings. The Morgan fingerprint density at radius 1 is 1.37 bits per heavy atom. The fourth-order valence-corrected chi connectivity index (χ4v) is 7.00. The van der Waals surface area contributed by atoms with Gasteiger partial charge in [-0.25, -0.2) is 0 Å². The van der Waals surface area contributed by atoms with E-state index in [1.807, 2.05) is 6.07 Å². The van der Waals surface area contributed by atoms with Gasteiger partial charge in [0.2, 0.25) is 0 Å². The fourth-order valence-electron chi connectivity index (χ4n) is 3.26. The number of fused-ring (bicyclic) bond motifs is 3. The van der Waals surface area contributed by atoms with E-state index in [1.54, 1.807) is 6.07 Å². The third-order valence-electron chi connectivity index (χ3n) is 4.84. The summed E-state index contributed by atoms with van der Waals surface area (Å²) in [5.41, 5.74) is -0.883. The van der Waals surface area contributed by atoms with Gasteiger partial charge in [-0.15, -0.1) is 0 Å². The molecular formula is C19H19BrN2O4Se. The number of rotatable bonds is 3. The van der Waals surface area contributed by atoms with Gasteiger partial charge in [0, 0.05) is 0 Å². The van der Waals surface area contributed by atoms with Crippen LogP contribution < -0.4 is 5.63 Å². The molecule has 0 bridgehead atoms. The fraction of sp³-hybridized carbons (Fsp3) is 0.368. The van der Waals surface area contributed by atoms with Gasteiger partial charge in [-0.2, -0.15) is 0 Å². The monoisotopic (exact) mass is 501 g/mol. The van der Waals surface area contributed by atoms with Crippen LogP contribution in [0.5, 0.6) is 0 Å². The number of hydrogen-bond acceptors (Lipinski definition) is 6. The molecule has 1 saturated heterocycles. The summed E-state index contributed by atoms with van der Waals surface area (Å²) in [4.78, 5) is 29.2. The SMILES string of the molecule is [2H]C([2H])([2H])OC(=O)c1cc2ccc3c(Br)c(CN4CCN(C)CC4)[se]c3c2oc1=O. The second-order valence-corrected chi connectivity index (χ2v) is 9.73. The summed E-state index contributed by atoms with van der Waals surface area (Å²) in [5, 5.41) is 1.56. The predicted octanol–water partition coefficient (Wildman–Crippen LogP) is 2.30. The number of halogens is 1. The van der Waals surface area contributed by atoms with Gasteiger partial charge in [0.1, 0.15) is 0 Å². The molecule has 8 heteroatoms. The molecule has 4 rings (SSSR count). The van der Waals surface area contributed by atoms with Crippen LogP contribution in [0.4, 0.5) is 0 Å². The second-order valence-electron chi connectivity index (χ2n) is 6.62. The quantitative estimate of drug-likeness (QED) is 0.312. The Hall–Kier alpha value is -1.44. The van der Waals surface area contributed by atoms with E-state index in [9.17, 15) is 9.59 Å². The van der Waals surface area contributed by atoms with E-state index < -0.39 is 24.2 Å². The molecule has 3 heterocycles. The number of nitrogens with zero attached hydrogens (tertiary/aromatic N) is 2. The first-order valence-corrected chi connectivity index (χ1v) is 10.9. The molecule has 2 aromatic heterocycles. The molecule has 6 nitrogen and oxygen atoms in total. The summed E-state index contributed by atoms with van der Waals surface area (Å²) in [5.74, 6) is -1.22. The molecule has 0 atom stereocenters. The van der Waals surface area contributed by atoms with Crippen LogP contribution in [0.2, 0.25) is 0 Å². The van der Waals surface area contributed by atoms with Gasteiger partial charge in [-0.3, -0.25) is 0 Å². The predicted molar refractivity (Wildman–Crippen MR) is 109 cm³/mol. The number of esters is 1. The molecule has 0 aliphatic carbocycles. The van der Waals surface area contributed by atoms with Gasteiger partial charge < -0.3 is 0 Å². The van der Waals surface area contributed by atoms with Crippen molar-refractivity contribution in [1.29, 1.82) is 0 Å². The first kappa shape index (κ1) is 15.5. The summed E-state index contributed by atoms with van der Waals surface area (Å²) < 4.78 is 34.2. The number of piperazine rings is 1. The van der Waals surface area contributed by atoms with E-state index in [0.717, 1.165) is 46.8 Å². The molecule has 0 N–H and O–H groups in total. The van der Waals surface area contributed by atoms with Crippen molar-refractivity contribution in [2.45, 2.75) is 6.54 Å². The zero-order valence-electron chi connectivity index (χ0n) is 17.6. The summed E-state index contributed by atoms with van der Waals surface area (Å²) >= 11 is 3.68. The average Bonchev–Trinajstić information content (AvgIpc) is 2.98. The number of likely N-dealkylation sites (N-methyl/N-ethyl adjacent to an activating group) is 1. The van der Waals surface area contributed by atoms with Crippen molar-refractivity contribution in [3.63, 3.8) is 0 Å². The number of benzene rings is 1. The second kappa shape index (κ2) is 7.53. The van der Waals surface area contributed by atoms with Crippen LogP contribution in [0.15, 0.2) is 31.9 Å². The number of hydrogen-bond donors (Lipinski definition) is 0. The molecule has 1 fully saturated rings. The summed E-state index contributed by atoms with van der Waals surface area (Å²) in [7, 11) is -0.801. The zero-order chi connectivity index (χ0) is 21.6. The van der Waals surface area contributed by atoms with Crippen LogP contribution in [-0.4, -0.2) is 70.5 Å². The standard InChI is InChI=1S/C19H19BrN2O4Se/c1-21-5-7-22(8-6-21)10-14-15(20)12-4-3-11-9-13(18(23)25-2)19(24)26-16(11)17(12)27-14/h3-4,9H,5-8,10H2,1-2H3/i2D3. The van der Waals surface area contributed by atoms with Crippen molar-refractivity contribution in [3.05, 3.63) is 43.1 Å². The Balaban J connectivity index is 1.72. The Bertz CT molecular complexity index is 1180. The van der Waals surface area contributed by atoms with Gasteiger partial charge in [0.15, 0.2) is 0 Å². The van der Waals surface area contributed by atoms with Gasteiger partial charge in [-0.05, 0) is 0 Å². The third-order valence-corrected chi connectivity index (χ3v) is 8.83. The first-order chi connectivity index (χ1) is 14.1. The van der Waals surface area contributed by atoms with Crippen LogP contribution in [-0.2, 0) is 11.3 Å². The van der Waals surface area contributed by atoms with E-state index in [-0.39, 0.29) is 14.5 Å². The van der Waals surface area contributed by atoms with Crippen molar-refractivity contribution in [2.75, 3.05) is 40.3 Å². The van der Waals surface area contributed by atoms with E-state index in [0.29, 0.717) is 11.0 Å². The van der Waals surface area contributed by atoms with Gasteiger partial charge >= 0.3 is 175 Å². The Labute approximate surface area is 174 Å². The van der Waals surface area contributed by atoms with E-state index >= 15 is 0 Å². The van der Waals surface area contributed by atoms with Crippen molar-refractivity contribution in [1.82, 2.24) is 9.80 Å². The van der Waals surface area contributed by atoms with Gasteiger partial charge in [0.25, 0.3) is 0 Å². The van der Waals surface area contributed by atoms with E-state index in [1.165, 1.54) is 10.5 Å². The van der Waals surface area contributed by atoms with Crippen molar-refractivity contribution < 1.29 is 18.1 Å². The minimum atomic E-state index is -2.92. The molecule has 0 radical (unpaired) electrons. The summed E-state index contributed by atoms with van der Waals surface area (Å²) in [6.07, 6.45) is 0. The third kappa shape index (κ3) is 3.52. The molecule has 0 amide bonds. The van der Waals surface area contributed by atoms with Gasteiger partial charge in [0.05, 0.1) is 0 Å². The van der Waals surface area contributed by atoms with Crippen LogP contribution >= 0.6 is 15.9 Å². The molecule has 142 valence electrons. The maximum atomic E-state index is 12.4. The number of ether oxygens (including phenoxy) is 1. The van der Waals surface area contributed by atoms with E-state index in [4.69, 9.17) is 8.53 Å². The maximum absolute atomic E-state index is 12.4. The van der Waals surface area contributed by atoms with Crippen LogP contribution in [0.3, 0.4) is 0 Å².